The first-order valence-electron chi connectivity index (χ1n) is 9.91. The quantitative estimate of drug-likeness (QED) is 0.591. The molecule has 6 heteroatoms. The number of benzene rings is 2. The van der Waals surface area contributed by atoms with Crippen molar-refractivity contribution in [2.75, 3.05) is 6.61 Å². The zero-order valence-electron chi connectivity index (χ0n) is 16.6. The molecule has 3 aromatic rings. The van der Waals surface area contributed by atoms with Crippen LogP contribution in [0.1, 0.15) is 42.1 Å². The summed E-state index contributed by atoms with van der Waals surface area (Å²) in [5.74, 6) is -0.960. The third-order valence-corrected chi connectivity index (χ3v) is 5.60. The second-order valence-corrected chi connectivity index (χ2v) is 7.48. The molecule has 154 valence electrons. The van der Waals surface area contributed by atoms with Crippen LogP contribution >= 0.6 is 0 Å². The van der Waals surface area contributed by atoms with Gasteiger partial charge in [0.15, 0.2) is 0 Å². The smallest absolute Gasteiger partial charge is 0.407 e. The molecular weight excluding hydrogens is 382 g/mol. The molecule has 6 nitrogen and oxygen atoms in total. The number of hydrogen-bond acceptors (Lipinski definition) is 4. The number of alkyl carbamates (subject to hydrolysis) is 1. The van der Waals surface area contributed by atoms with Crippen LogP contribution in [0.3, 0.4) is 0 Å². The lowest BCUT2D eigenvalue weighted by Crippen LogP contribution is -2.38. The van der Waals surface area contributed by atoms with Crippen molar-refractivity contribution in [3.63, 3.8) is 0 Å². The monoisotopic (exact) mass is 405 g/mol. The summed E-state index contributed by atoms with van der Waals surface area (Å²) in [4.78, 5) is 23.7. The van der Waals surface area contributed by atoms with E-state index in [1.165, 1.54) is 6.26 Å². The fourth-order valence-corrected chi connectivity index (χ4v) is 4.14. The second-order valence-electron chi connectivity index (χ2n) is 7.48. The molecule has 1 aromatic heterocycles. The van der Waals surface area contributed by atoms with Gasteiger partial charge in [-0.1, -0.05) is 48.5 Å². The lowest BCUT2D eigenvalue weighted by Gasteiger charge is -2.22. The Hall–Kier alpha value is -3.54. The zero-order valence-corrected chi connectivity index (χ0v) is 16.6. The highest BCUT2D eigenvalue weighted by Gasteiger charge is 2.30. The highest BCUT2D eigenvalue weighted by Crippen LogP contribution is 2.44. The Morgan fingerprint density at radius 2 is 1.67 bits per heavy atom. The van der Waals surface area contributed by atoms with Gasteiger partial charge in [-0.25, -0.2) is 4.79 Å². The van der Waals surface area contributed by atoms with E-state index in [0.717, 1.165) is 22.3 Å². The normalized spacial score (nSPS) is 14.4. The number of carbonyl (C=O) groups is 2. The molecule has 1 amide bonds. The largest absolute Gasteiger partial charge is 0.481 e. The number of carboxylic acids is 1. The molecule has 0 saturated heterocycles. The van der Waals surface area contributed by atoms with Gasteiger partial charge in [-0.05, 0) is 41.3 Å². The van der Waals surface area contributed by atoms with Gasteiger partial charge >= 0.3 is 12.1 Å². The van der Waals surface area contributed by atoms with Crippen LogP contribution in [0.2, 0.25) is 0 Å². The van der Waals surface area contributed by atoms with E-state index in [0.29, 0.717) is 5.76 Å². The summed E-state index contributed by atoms with van der Waals surface area (Å²) in [6, 6.07) is 19.2. The molecule has 0 aliphatic heterocycles. The predicted molar refractivity (Wildman–Crippen MR) is 111 cm³/mol. The molecular formula is C24H23NO5. The van der Waals surface area contributed by atoms with E-state index in [9.17, 15) is 14.7 Å². The van der Waals surface area contributed by atoms with E-state index >= 15 is 0 Å². The third-order valence-electron chi connectivity index (χ3n) is 5.60. The predicted octanol–water partition coefficient (Wildman–Crippen LogP) is 4.77. The molecule has 0 spiro atoms. The SMILES string of the molecule is C[C@H](NC(=O)OCC1c2ccccc2-c2ccccc21)[C@@H](CC(=O)O)c1ccco1. The number of amides is 1. The Bertz CT molecular complexity index is 998. The lowest BCUT2D eigenvalue weighted by molar-refractivity contribution is -0.137. The van der Waals surface area contributed by atoms with Crippen LogP contribution in [0.4, 0.5) is 4.79 Å². The maximum atomic E-state index is 12.5. The van der Waals surface area contributed by atoms with E-state index in [1.54, 1.807) is 19.1 Å². The minimum Gasteiger partial charge on any atom is -0.481 e. The maximum absolute atomic E-state index is 12.5. The molecule has 0 fully saturated rings. The first kappa shape index (κ1) is 19.8. The average Bonchev–Trinajstić information content (AvgIpc) is 3.37. The van der Waals surface area contributed by atoms with Crippen molar-refractivity contribution in [1.29, 1.82) is 0 Å². The first-order valence-corrected chi connectivity index (χ1v) is 9.91. The highest BCUT2D eigenvalue weighted by molar-refractivity contribution is 5.79. The van der Waals surface area contributed by atoms with Crippen molar-refractivity contribution < 1.29 is 23.8 Å². The van der Waals surface area contributed by atoms with Crippen LogP contribution in [0.5, 0.6) is 0 Å². The summed E-state index contributed by atoms with van der Waals surface area (Å²) in [6.07, 6.45) is 0.758. The van der Waals surface area contributed by atoms with Gasteiger partial charge in [0.05, 0.1) is 12.7 Å². The Labute approximate surface area is 174 Å². The van der Waals surface area contributed by atoms with Gasteiger partial charge in [-0.2, -0.15) is 0 Å². The number of furan rings is 1. The van der Waals surface area contributed by atoms with Gasteiger partial charge in [0.2, 0.25) is 0 Å². The highest BCUT2D eigenvalue weighted by atomic mass is 16.5. The lowest BCUT2D eigenvalue weighted by atomic mass is 9.95. The number of carbonyl (C=O) groups excluding carboxylic acids is 1. The Morgan fingerprint density at radius 3 is 2.23 bits per heavy atom. The number of rotatable bonds is 7. The van der Waals surface area contributed by atoms with Crippen LogP contribution in [-0.4, -0.2) is 29.8 Å². The summed E-state index contributed by atoms with van der Waals surface area (Å²) in [5.41, 5.74) is 4.60. The van der Waals surface area contributed by atoms with E-state index in [4.69, 9.17) is 9.15 Å². The molecule has 0 bridgehead atoms. The van der Waals surface area contributed by atoms with Gasteiger partial charge < -0.3 is 19.6 Å². The van der Waals surface area contributed by atoms with Crippen LogP contribution in [0.15, 0.2) is 71.3 Å². The van der Waals surface area contributed by atoms with Gasteiger partial charge in [0.25, 0.3) is 0 Å². The number of aliphatic carboxylic acids is 1. The molecule has 1 heterocycles. The van der Waals surface area contributed by atoms with Gasteiger partial charge in [-0.15, -0.1) is 0 Å². The average molecular weight is 405 g/mol. The molecule has 0 radical (unpaired) electrons. The molecule has 1 aliphatic rings. The Morgan fingerprint density at radius 1 is 1.03 bits per heavy atom. The number of hydrogen-bond donors (Lipinski definition) is 2. The first-order chi connectivity index (χ1) is 14.5. The van der Waals surface area contributed by atoms with Crippen molar-refractivity contribution >= 4 is 12.1 Å². The standard InChI is InChI=1S/C24H23NO5/c1-15(20(13-23(26)27)22-11-6-12-29-22)25-24(28)30-14-21-18-9-4-2-7-16(18)17-8-3-5-10-19(17)21/h2-12,15,20-21H,13-14H2,1H3,(H,25,28)(H,26,27)/t15-,20+/m0/s1. The number of fused-ring (bicyclic) bond motifs is 3. The molecule has 2 aromatic carbocycles. The molecule has 4 rings (SSSR count). The second kappa shape index (κ2) is 8.45. The minimum atomic E-state index is -0.961. The van der Waals surface area contributed by atoms with Gasteiger partial charge in [0.1, 0.15) is 12.4 Å². The fraction of sp³-hybridized carbons (Fsp3) is 0.250. The van der Waals surface area contributed by atoms with Crippen molar-refractivity contribution in [3.8, 4) is 11.1 Å². The summed E-state index contributed by atoms with van der Waals surface area (Å²) >= 11 is 0. The van der Waals surface area contributed by atoms with E-state index in [1.807, 2.05) is 24.3 Å². The molecule has 1 aliphatic carbocycles. The Kier molecular flexibility index (Phi) is 5.57. The van der Waals surface area contributed by atoms with Gasteiger partial charge in [-0.3, -0.25) is 4.79 Å². The van der Waals surface area contributed by atoms with Crippen molar-refractivity contribution in [1.82, 2.24) is 5.32 Å². The van der Waals surface area contributed by atoms with Crippen molar-refractivity contribution in [2.45, 2.75) is 31.2 Å². The zero-order chi connectivity index (χ0) is 21.1. The third kappa shape index (κ3) is 3.94. The number of nitrogens with one attached hydrogen (secondary N) is 1. The van der Waals surface area contributed by atoms with Crippen molar-refractivity contribution in [2.24, 2.45) is 0 Å². The molecule has 0 saturated carbocycles. The van der Waals surface area contributed by atoms with Gasteiger partial charge in [0, 0.05) is 17.9 Å². The van der Waals surface area contributed by atoms with Crippen LogP contribution < -0.4 is 5.32 Å². The number of ether oxygens (including phenoxy) is 1. The van der Waals surface area contributed by atoms with Crippen LogP contribution in [0, 0.1) is 0 Å². The fourth-order valence-electron chi connectivity index (χ4n) is 4.14. The summed E-state index contributed by atoms with van der Waals surface area (Å²) in [7, 11) is 0. The van der Waals surface area contributed by atoms with E-state index in [-0.39, 0.29) is 18.9 Å². The molecule has 30 heavy (non-hydrogen) atoms. The maximum Gasteiger partial charge on any atom is 0.407 e. The Balaban J connectivity index is 1.43. The topological polar surface area (TPSA) is 88.8 Å². The summed E-state index contributed by atoms with van der Waals surface area (Å²) in [6.45, 7) is 1.95. The van der Waals surface area contributed by atoms with Crippen LogP contribution in [-0.2, 0) is 9.53 Å². The summed E-state index contributed by atoms with van der Waals surface area (Å²) < 4.78 is 10.9. The molecule has 2 atom stereocenters. The van der Waals surface area contributed by atoms with Crippen LogP contribution in [0.25, 0.3) is 11.1 Å². The van der Waals surface area contributed by atoms with E-state index < -0.39 is 24.0 Å². The molecule has 2 N–H and O–H groups in total. The van der Waals surface area contributed by atoms with E-state index in [2.05, 4.69) is 29.6 Å². The minimum absolute atomic E-state index is 0.0293. The molecule has 0 unspecified atom stereocenters. The van der Waals surface area contributed by atoms with Crippen molar-refractivity contribution in [3.05, 3.63) is 83.8 Å². The summed E-state index contributed by atoms with van der Waals surface area (Å²) in [5, 5.41) is 12.0. The number of carboxylic acid groups (broad SMARTS) is 1.